The van der Waals surface area contributed by atoms with Gasteiger partial charge in [-0.3, -0.25) is 14.6 Å². The molecule has 2 aromatic heterocycles. The number of likely N-dealkylation sites (tertiary alicyclic amines) is 1. The number of hydrogen-bond donors (Lipinski definition) is 2. The molecular weight excluding hydrogens is 441 g/mol. The molecule has 34 heavy (non-hydrogen) atoms. The number of methoxy groups -OCH3 is 1. The van der Waals surface area contributed by atoms with Crippen LogP contribution in [0.1, 0.15) is 44.5 Å². The summed E-state index contributed by atoms with van der Waals surface area (Å²) in [5.41, 5.74) is 2.13. The van der Waals surface area contributed by atoms with Crippen LogP contribution in [0.3, 0.4) is 0 Å². The number of H-pyrrole nitrogens is 1. The molecular formula is C25H22FN3O5. The molecule has 1 amide bonds. The number of ether oxygens (including phenoxy) is 1. The maximum Gasteiger partial charge on any atom is 0.354 e. The number of amides is 1. The highest BCUT2D eigenvalue weighted by Gasteiger charge is 2.46. The normalized spacial score (nSPS) is 17.3. The molecule has 174 valence electrons. The number of carbonyl (C=O) groups is 3. The van der Waals surface area contributed by atoms with Crippen molar-refractivity contribution in [2.45, 2.75) is 26.4 Å². The van der Waals surface area contributed by atoms with Crippen LogP contribution in [0.4, 0.5) is 4.39 Å². The van der Waals surface area contributed by atoms with Crippen LogP contribution >= 0.6 is 0 Å². The standard InChI is InChI=1S/C25H22FN3O5/c1-13-18(14(2)28-20(13)25(33)34-3)22(30)19-21(16-6-8-17(26)9-7-16)29(24(32)23(19)31)12-15-5-4-10-27-11-15/h4-11,21,28,30H,12H2,1-3H3/b22-19-. The van der Waals surface area contributed by atoms with Gasteiger partial charge in [0, 0.05) is 30.2 Å². The van der Waals surface area contributed by atoms with E-state index in [4.69, 9.17) is 4.74 Å². The SMILES string of the molecule is COC(=O)c1[nH]c(C)c(/C(O)=C2/C(=O)C(=O)N(Cc3cccnc3)C2c2ccc(F)cc2)c1C. The molecule has 0 bridgehead atoms. The van der Waals surface area contributed by atoms with Crippen LogP contribution in [0.2, 0.25) is 0 Å². The van der Waals surface area contributed by atoms with Gasteiger partial charge in [-0.05, 0) is 48.7 Å². The Bertz CT molecular complexity index is 1310. The number of aromatic nitrogens is 2. The lowest BCUT2D eigenvalue weighted by atomic mass is 9.94. The number of nitrogens with one attached hydrogen (secondary N) is 1. The number of aryl methyl sites for hydroxylation is 1. The zero-order valence-electron chi connectivity index (χ0n) is 18.8. The monoisotopic (exact) mass is 463 g/mol. The van der Waals surface area contributed by atoms with Crippen LogP contribution in [0.25, 0.3) is 5.76 Å². The molecule has 1 saturated heterocycles. The van der Waals surface area contributed by atoms with Crippen molar-refractivity contribution in [3.05, 3.63) is 93.8 Å². The van der Waals surface area contributed by atoms with E-state index in [9.17, 15) is 23.9 Å². The quantitative estimate of drug-likeness (QED) is 0.259. The number of aliphatic hydroxyl groups is 1. The number of ketones is 1. The minimum absolute atomic E-state index is 0.0513. The smallest absolute Gasteiger partial charge is 0.354 e. The van der Waals surface area contributed by atoms with Gasteiger partial charge in [0.25, 0.3) is 11.7 Å². The highest BCUT2D eigenvalue weighted by atomic mass is 19.1. The van der Waals surface area contributed by atoms with Crippen LogP contribution in [-0.4, -0.2) is 44.7 Å². The Labute approximate surface area is 194 Å². The highest BCUT2D eigenvalue weighted by Crippen LogP contribution is 2.41. The summed E-state index contributed by atoms with van der Waals surface area (Å²) in [5.74, 6) is -3.23. The maximum absolute atomic E-state index is 13.6. The lowest BCUT2D eigenvalue weighted by Gasteiger charge is -2.25. The Kier molecular flexibility index (Phi) is 6.02. The number of aliphatic hydroxyl groups excluding tert-OH is 1. The molecule has 1 atom stereocenters. The van der Waals surface area contributed by atoms with Crippen molar-refractivity contribution in [2.24, 2.45) is 0 Å². The van der Waals surface area contributed by atoms with Gasteiger partial charge in [0.1, 0.15) is 17.3 Å². The van der Waals surface area contributed by atoms with Gasteiger partial charge in [-0.2, -0.15) is 0 Å². The molecule has 2 N–H and O–H groups in total. The molecule has 1 unspecified atom stereocenters. The van der Waals surface area contributed by atoms with Crippen molar-refractivity contribution in [1.29, 1.82) is 0 Å². The van der Waals surface area contributed by atoms with Crippen molar-refractivity contribution in [2.75, 3.05) is 7.11 Å². The lowest BCUT2D eigenvalue weighted by molar-refractivity contribution is -0.140. The molecule has 3 heterocycles. The summed E-state index contributed by atoms with van der Waals surface area (Å²) in [6.45, 7) is 3.28. The van der Waals surface area contributed by atoms with E-state index < -0.39 is 35.3 Å². The zero-order valence-corrected chi connectivity index (χ0v) is 18.8. The molecule has 1 aromatic carbocycles. The van der Waals surface area contributed by atoms with Gasteiger partial charge >= 0.3 is 5.97 Å². The van der Waals surface area contributed by atoms with E-state index in [0.717, 1.165) is 0 Å². The van der Waals surface area contributed by atoms with Crippen molar-refractivity contribution < 1.29 is 28.6 Å². The summed E-state index contributed by atoms with van der Waals surface area (Å²) in [5, 5.41) is 11.3. The van der Waals surface area contributed by atoms with Gasteiger partial charge in [0.05, 0.1) is 18.7 Å². The number of halogens is 1. The number of hydrogen-bond acceptors (Lipinski definition) is 6. The van der Waals surface area contributed by atoms with E-state index in [-0.39, 0.29) is 23.4 Å². The summed E-state index contributed by atoms with van der Waals surface area (Å²) in [4.78, 5) is 46.6. The van der Waals surface area contributed by atoms with E-state index in [2.05, 4.69) is 9.97 Å². The summed E-state index contributed by atoms with van der Waals surface area (Å²) >= 11 is 0. The third-order valence-electron chi connectivity index (χ3n) is 5.87. The Morgan fingerprint density at radius 3 is 2.53 bits per heavy atom. The Balaban J connectivity index is 1.91. The van der Waals surface area contributed by atoms with Gasteiger partial charge in [-0.1, -0.05) is 18.2 Å². The van der Waals surface area contributed by atoms with Gasteiger partial charge in [0.15, 0.2) is 0 Å². The molecule has 0 radical (unpaired) electrons. The lowest BCUT2D eigenvalue weighted by Crippen LogP contribution is -2.29. The number of Topliss-reactive ketones (excluding diaryl/α,β-unsaturated/α-hetero) is 1. The van der Waals surface area contributed by atoms with E-state index >= 15 is 0 Å². The van der Waals surface area contributed by atoms with Crippen molar-refractivity contribution in [3.63, 3.8) is 0 Å². The summed E-state index contributed by atoms with van der Waals surface area (Å²) in [6, 6.07) is 7.87. The molecule has 0 saturated carbocycles. The second kappa shape index (κ2) is 8.93. The molecule has 3 aromatic rings. The summed E-state index contributed by atoms with van der Waals surface area (Å²) in [7, 11) is 1.23. The molecule has 0 spiro atoms. The highest BCUT2D eigenvalue weighted by molar-refractivity contribution is 6.46. The average Bonchev–Trinajstić information content (AvgIpc) is 3.27. The van der Waals surface area contributed by atoms with Crippen LogP contribution in [-0.2, 0) is 20.9 Å². The van der Waals surface area contributed by atoms with Crippen LogP contribution < -0.4 is 0 Å². The third-order valence-corrected chi connectivity index (χ3v) is 5.87. The fraction of sp³-hybridized carbons (Fsp3) is 0.200. The van der Waals surface area contributed by atoms with Crippen molar-refractivity contribution in [3.8, 4) is 0 Å². The Morgan fingerprint density at radius 2 is 1.91 bits per heavy atom. The molecule has 1 aliphatic rings. The number of esters is 1. The number of aromatic amines is 1. The Hall–Kier alpha value is -4.27. The van der Waals surface area contributed by atoms with E-state index in [0.29, 0.717) is 22.4 Å². The first-order valence-corrected chi connectivity index (χ1v) is 10.4. The topological polar surface area (TPSA) is 113 Å². The number of benzene rings is 1. The third kappa shape index (κ3) is 3.85. The minimum Gasteiger partial charge on any atom is -0.507 e. The second-order valence-corrected chi connectivity index (χ2v) is 7.96. The van der Waals surface area contributed by atoms with Crippen molar-refractivity contribution in [1.82, 2.24) is 14.9 Å². The minimum atomic E-state index is -0.976. The first kappa shape index (κ1) is 22.9. The molecule has 1 aliphatic heterocycles. The Morgan fingerprint density at radius 1 is 1.21 bits per heavy atom. The predicted octanol–water partition coefficient (Wildman–Crippen LogP) is 3.57. The molecule has 0 aliphatic carbocycles. The molecule has 8 nitrogen and oxygen atoms in total. The first-order chi connectivity index (χ1) is 16.2. The molecule has 1 fully saturated rings. The summed E-state index contributed by atoms with van der Waals surface area (Å²) < 4.78 is 18.4. The number of carbonyl (C=O) groups excluding carboxylic acids is 3. The van der Waals surface area contributed by atoms with E-state index in [1.54, 1.807) is 38.4 Å². The molecule has 9 heteroatoms. The number of rotatable bonds is 5. The molecule has 4 rings (SSSR count). The van der Waals surface area contributed by atoms with Crippen molar-refractivity contribution >= 4 is 23.4 Å². The van der Waals surface area contributed by atoms with Crippen LogP contribution in [0.5, 0.6) is 0 Å². The van der Waals surface area contributed by atoms with Gasteiger partial charge < -0.3 is 19.7 Å². The second-order valence-electron chi connectivity index (χ2n) is 7.96. The van der Waals surface area contributed by atoms with E-state index in [1.807, 2.05) is 0 Å². The first-order valence-electron chi connectivity index (χ1n) is 10.4. The zero-order chi connectivity index (χ0) is 24.6. The van der Waals surface area contributed by atoms with Gasteiger partial charge in [-0.25, -0.2) is 9.18 Å². The van der Waals surface area contributed by atoms with E-state index in [1.165, 1.54) is 36.3 Å². The summed E-state index contributed by atoms with van der Waals surface area (Å²) in [6.07, 6.45) is 3.16. The maximum atomic E-state index is 13.6. The average molecular weight is 463 g/mol. The fourth-order valence-corrected chi connectivity index (χ4v) is 4.27. The predicted molar refractivity (Wildman–Crippen MR) is 120 cm³/mol. The largest absolute Gasteiger partial charge is 0.507 e. The van der Waals surface area contributed by atoms with Gasteiger partial charge in [0.2, 0.25) is 0 Å². The number of nitrogens with zero attached hydrogens (tertiary/aromatic N) is 2. The van der Waals surface area contributed by atoms with Gasteiger partial charge in [-0.15, -0.1) is 0 Å². The van der Waals surface area contributed by atoms with Crippen LogP contribution in [0.15, 0.2) is 54.4 Å². The number of pyridine rings is 1. The van der Waals surface area contributed by atoms with Crippen LogP contribution in [0, 0.1) is 19.7 Å². The fourth-order valence-electron chi connectivity index (χ4n) is 4.27.